The Hall–Kier alpha value is -1.31. The van der Waals surface area contributed by atoms with Crippen LogP contribution in [0.5, 0.6) is 5.75 Å². The molecule has 0 saturated carbocycles. The summed E-state index contributed by atoms with van der Waals surface area (Å²) < 4.78 is 5.12. The van der Waals surface area contributed by atoms with Crippen molar-refractivity contribution in [3.05, 3.63) is 28.8 Å². The minimum Gasteiger partial charge on any atom is -0.428 e. The van der Waals surface area contributed by atoms with Gasteiger partial charge in [-0.2, -0.15) is 0 Å². The zero-order valence-electron chi connectivity index (χ0n) is 12.8. The molecule has 2 rings (SSSR count). The molecule has 0 heterocycles. The maximum atomic E-state index is 10.6. The van der Waals surface area contributed by atoms with E-state index in [0.29, 0.717) is 18.1 Å². The molecule has 2 nitrogen and oxygen atoms in total. The lowest BCUT2D eigenvalue weighted by Crippen LogP contribution is -2.27. The third-order valence-electron chi connectivity index (χ3n) is 4.92. The summed E-state index contributed by atoms with van der Waals surface area (Å²) in [5, 5.41) is 0. The van der Waals surface area contributed by atoms with E-state index in [2.05, 4.69) is 46.8 Å². The van der Waals surface area contributed by atoms with Crippen LogP contribution in [-0.4, -0.2) is 6.47 Å². The molecule has 0 spiro atoms. The lowest BCUT2D eigenvalue weighted by molar-refractivity contribution is -0.120. The molecule has 1 aliphatic rings. The minimum absolute atomic E-state index is 0.146. The Labute approximate surface area is 116 Å². The van der Waals surface area contributed by atoms with E-state index < -0.39 is 0 Å². The van der Waals surface area contributed by atoms with Gasteiger partial charge in [-0.1, -0.05) is 40.7 Å². The Morgan fingerprint density at radius 2 is 1.84 bits per heavy atom. The fourth-order valence-corrected chi connectivity index (χ4v) is 3.52. The minimum atomic E-state index is 0.146. The molecular formula is C17H24O2. The number of hydrogen-bond donors (Lipinski definition) is 0. The first-order valence-corrected chi connectivity index (χ1v) is 6.98. The molecule has 0 aromatic heterocycles. The lowest BCUT2D eigenvalue weighted by atomic mass is 9.72. The zero-order valence-corrected chi connectivity index (χ0v) is 12.8. The van der Waals surface area contributed by atoms with Crippen molar-refractivity contribution in [2.75, 3.05) is 0 Å². The molecule has 0 fully saturated rings. The second-order valence-corrected chi connectivity index (χ2v) is 7.01. The first kappa shape index (κ1) is 14.1. The van der Waals surface area contributed by atoms with Crippen molar-refractivity contribution in [3.8, 4) is 5.75 Å². The van der Waals surface area contributed by atoms with Crippen LogP contribution in [0.3, 0.4) is 0 Å². The number of fused-ring (bicyclic) bond motifs is 1. The van der Waals surface area contributed by atoms with Gasteiger partial charge < -0.3 is 4.74 Å². The number of benzene rings is 1. The van der Waals surface area contributed by atoms with Gasteiger partial charge in [0, 0.05) is 0 Å². The van der Waals surface area contributed by atoms with E-state index >= 15 is 0 Å². The molecule has 0 bridgehead atoms. The molecule has 1 atom stereocenters. The van der Waals surface area contributed by atoms with Crippen LogP contribution in [-0.2, 0) is 15.6 Å². The van der Waals surface area contributed by atoms with Crippen LogP contribution >= 0.6 is 0 Å². The van der Waals surface area contributed by atoms with Gasteiger partial charge in [-0.25, -0.2) is 0 Å². The van der Waals surface area contributed by atoms with Gasteiger partial charge >= 0.3 is 0 Å². The van der Waals surface area contributed by atoms with E-state index in [9.17, 15) is 4.79 Å². The molecule has 0 aliphatic heterocycles. The van der Waals surface area contributed by atoms with Crippen LogP contribution in [0.1, 0.15) is 57.7 Å². The SMILES string of the molecule is Cc1cc2c(cc1OC=O)C(C)(C(C)C)CC2(C)C. The van der Waals surface area contributed by atoms with Gasteiger partial charge in [-0.15, -0.1) is 0 Å². The number of ether oxygens (including phenoxy) is 1. The fraction of sp³-hybridized carbons (Fsp3) is 0.588. The highest BCUT2D eigenvalue weighted by molar-refractivity contribution is 5.55. The van der Waals surface area contributed by atoms with Crippen molar-refractivity contribution in [2.24, 2.45) is 5.92 Å². The third-order valence-corrected chi connectivity index (χ3v) is 4.92. The van der Waals surface area contributed by atoms with Gasteiger partial charge in [0.15, 0.2) is 0 Å². The molecule has 1 aromatic carbocycles. The second kappa shape index (κ2) is 4.36. The topological polar surface area (TPSA) is 26.3 Å². The first-order valence-electron chi connectivity index (χ1n) is 6.98. The predicted octanol–water partition coefficient (Wildman–Crippen LogP) is 4.13. The van der Waals surface area contributed by atoms with Crippen molar-refractivity contribution in [1.82, 2.24) is 0 Å². The third kappa shape index (κ3) is 2.07. The van der Waals surface area contributed by atoms with Crippen LogP contribution in [0.4, 0.5) is 0 Å². The van der Waals surface area contributed by atoms with Gasteiger partial charge in [-0.05, 0) is 52.8 Å². The number of hydrogen-bond acceptors (Lipinski definition) is 2. The van der Waals surface area contributed by atoms with E-state index in [-0.39, 0.29) is 10.8 Å². The summed E-state index contributed by atoms with van der Waals surface area (Å²) in [6.07, 6.45) is 1.14. The molecule has 1 aromatic rings. The van der Waals surface area contributed by atoms with Crippen molar-refractivity contribution in [3.63, 3.8) is 0 Å². The number of carbonyl (C=O) groups excluding carboxylic acids is 1. The van der Waals surface area contributed by atoms with E-state index in [0.717, 1.165) is 12.0 Å². The summed E-state index contributed by atoms with van der Waals surface area (Å²) in [6, 6.07) is 4.27. The van der Waals surface area contributed by atoms with E-state index in [1.54, 1.807) is 0 Å². The quantitative estimate of drug-likeness (QED) is 0.764. The molecule has 0 radical (unpaired) electrons. The molecule has 19 heavy (non-hydrogen) atoms. The Bertz CT molecular complexity index is 514. The molecule has 1 aliphatic carbocycles. The molecular weight excluding hydrogens is 236 g/mol. The van der Waals surface area contributed by atoms with E-state index in [1.807, 2.05) is 6.92 Å². The van der Waals surface area contributed by atoms with Crippen LogP contribution in [0.2, 0.25) is 0 Å². The number of aryl methyl sites for hydroxylation is 1. The highest BCUT2D eigenvalue weighted by Gasteiger charge is 2.46. The van der Waals surface area contributed by atoms with Gasteiger partial charge in [0.25, 0.3) is 6.47 Å². The Kier molecular flexibility index (Phi) is 3.24. The van der Waals surface area contributed by atoms with Crippen LogP contribution in [0.25, 0.3) is 0 Å². The number of carbonyl (C=O) groups is 1. The van der Waals surface area contributed by atoms with Crippen LogP contribution < -0.4 is 4.74 Å². The fourth-order valence-electron chi connectivity index (χ4n) is 3.52. The molecule has 1 unspecified atom stereocenters. The summed E-state index contributed by atoms with van der Waals surface area (Å²) in [5.41, 5.74) is 4.10. The molecule has 2 heteroatoms. The van der Waals surface area contributed by atoms with E-state index in [1.165, 1.54) is 11.1 Å². The summed E-state index contributed by atoms with van der Waals surface area (Å²) in [6.45, 7) is 14.0. The van der Waals surface area contributed by atoms with Gasteiger partial charge in [0.05, 0.1) is 0 Å². The predicted molar refractivity (Wildman–Crippen MR) is 77.7 cm³/mol. The van der Waals surface area contributed by atoms with Crippen LogP contribution in [0.15, 0.2) is 12.1 Å². The highest BCUT2D eigenvalue weighted by Crippen LogP contribution is 2.54. The summed E-state index contributed by atoms with van der Waals surface area (Å²) in [4.78, 5) is 10.6. The Balaban J connectivity index is 2.66. The van der Waals surface area contributed by atoms with Crippen molar-refractivity contribution in [1.29, 1.82) is 0 Å². The zero-order chi connectivity index (χ0) is 14.4. The van der Waals surface area contributed by atoms with Crippen molar-refractivity contribution < 1.29 is 9.53 Å². The van der Waals surface area contributed by atoms with Gasteiger partial charge in [0.2, 0.25) is 0 Å². The Morgan fingerprint density at radius 3 is 2.37 bits per heavy atom. The first-order chi connectivity index (χ1) is 8.72. The maximum Gasteiger partial charge on any atom is 0.298 e. The molecule has 0 N–H and O–H groups in total. The maximum absolute atomic E-state index is 10.6. The van der Waals surface area contributed by atoms with Crippen molar-refractivity contribution in [2.45, 2.75) is 58.8 Å². The van der Waals surface area contributed by atoms with Gasteiger partial charge in [-0.3, -0.25) is 4.79 Å². The monoisotopic (exact) mass is 260 g/mol. The average molecular weight is 260 g/mol. The normalized spacial score (nSPS) is 24.4. The van der Waals surface area contributed by atoms with Gasteiger partial charge in [0.1, 0.15) is 5.75 Å². The summed E-state index contributed by atoms with van der Waals surface area (Å²) >= 11 is 0. The molecule has 104 valence electrons. The second-order valence-electron chi connectivity index (χ2n) is 7.01. The average Bonchev–Trinajstić information content (AvgIpc) is 2.49. The van der Waals surface area contributed by atoms with Crippen molar-refractivity contribution >= 4 is 6.47 Å². The lowest BCUT2D eigenvalue weighted by Gasteiger charge is -2.32. The smallest absolute Gasteiger partial charge is 0.298 e. The molecule has 0 saturated heterocycles. The van der Waals surface area contributed by atoms with E-state index in [4.69, 9.17) is 4.74 Å². The number of rotatable bonds is 3. The standard InChI is InChI=1S/C17H24O2/c1-11(2)17(6)9-16(4,5)13-7-12(3)15(19-10-18)8-14(13)17/h7-8,10-11H,9H2,1-6H3. The largest absolute Gasteiger partial charge is 0.428 e. The summed E-state index contributed by atoms with van der Waals surface area (Å²) in [5.74, 6) is 1.25. The summed E-state index contributed by atoms with van der Waals surface area (Å²) in [7, 11) is 0. The van der Waals surface area contributed by atoms with Crippen LogP contribution in [0, 0.1) is 12.8 Å². The highest BCUT2D eigenvalue weighted by atomic mass is 16.5. The molecule has 0 amide bonds. The Morgan fingerprint density at radius 1 is 1.21 bits per heavy atom.